The number of hydrogen-bond donors (Lipinski definition) is 1. The maximum atomic E-state index is 12.9. The molecule has 3 nitrogen and oxygen atoms in total. The predicted octanol–water partition coefficient (Wildman–Crippen LogP) is 2.31. The van der Waals surface area contributed by atoms with Crippen molar-refractivity contribution in [1.82, 2.24) is 0 Å². The summed E-state index contributed by atoms with van der Waals surface area (Å²) in [4.78, 5) is 11.6. The van der Waals surface area contributed by atoms with Crippen LogP contribution in [0.3, 0.4) is 0 Å². The van der Waals surface area contributed by atoms with Crippen molar-refractivity contribution in [2.45, 2.75) is 18.6 Å². The number of nitrogens with two attached hydrogens (primary N) is 1. The SMILES string of the molecule is CN(C(=O)C(F)(F)C(F)(F)F)c1ccccc1CN. The summed E-state index contributed by atoms with van der Waals surface area (Å²) in [5.41, 5.74) is 5.54. The minimum atomic E-state index is -5.93. The number of carbonyl (C=O) groups is 1. The van der Waals surface area contributed by atoms with Gasteiger partial charge in [0.2, 0.25) is 0 Å². The summed E-state index contributed by atoms with van der Waals surface area (Å²) in [5.74, 6) is -7.79. The molecule has 1 amide bonds. The van der Waals surface area contributed by atoms with E-state index >= 15 is 0 Å². The number of carbonyl (C=O) groups excluding carboxylic acids is 1. The molecule has 0 aliphatic heterocycles. The van der Waals surface area contributed by atoms with Crippen LogP contribution in [0.25, 0.3) is 0 Å². The standard InChI is InChI=1S/C11H11F5N2O/c1-18(8-5-3-2-4-7(8)6-17)9(19)10(12,13)11(14,15)16/h2-5H,6,17H2,1H3. The van der Waals surface area contributed by atoms with Crippen LogP contribution in [0.15, 0.2) is 24.3 Å². The van der Waals surface area contributed by atoms with Crippen LogP contribution >= 0.6 is 0 Å². The van der Waals surface area contributed by atoms with Gasteiger partial charge >= 0.3 is 18.0 Å². The molecule has 0 aromatic heterocycles. The van der Waals surface area contributed by atoms with Gasteiger partial charge in [-0.05, 0) is 11.6 Å². The largest absolute Gasteiger partial charge is 0.463 e. The fraction of sp³-hybridized carbons (Fsp3) is 0.364. The van der Waals surface area contributed by atoms with Gasteiger partial charge in [0.25, 0.3) is 0 Å². The van der Waals surface area contributed by atoms with Gasteiger partial charge < -0.3 is 10.6 Å². The normalized spacial score (nSPS) is 12.4. The molecule has 1 aromatic carbocycles. The Labute approximate surface area is 105 Å². The van der Waals surface area contributed by atoms with Gasteiger partial charge in [-0.25, -0.2) is 0 Å². The topological polar surface area (TPSA) is 46.3 Å². The van der Waals surface area contributed by atoms with Gasteiger partial charge in [0, 0.05) is 19.3 Å². The summed E-state index contributed by atoms with van der Waals surface area (Å²) < 4.78 is 62.3. The number of amides is 1. The zero-order valence-corrected chi connectivity index (χ0v) is 9.84. The molecule has 0 aliphatic carbocycles. The van der Waals surface area contributed by atoms with Crippen LogP contribution in [0.2, 0.25) is 0 Å². The monoisotopic (exact) mass is 282 g/mol. The molecular formula is C11H11F5N2O. The van der Waals surface area contributed by atoms with Crippen LogP contribution in [-0.2, 0) is 11.3 Å². The Morgan fingerprint density at radius 3 is 2.21 bits per heavy atom. The molecule has 1 aromatic rings. The molecule has 0 unspecified atom stereocenters. The molecule has 0 spiro atoms. The lowest BCUT2D eigenvalue weighted by molar-refractivity contribution is -0.268. The van der Waals surface area contributed by atoms with E-state index in [9.17, 15) is 26.7 Å². The first kappa shape index (κ1) is 15.4. The van der Waals surface area contributed by atoms with Gasteiger partial charge in [0.1, 0.15) is 0 Å². The first-order valence-corrected chi connectivity index (χ1v) is 5.13. The Bertz CT molecular complexity index is 472. The van der Waals surface area contributed by atoms with Crippen LogP contribution in [0.5, 0.6) is 0 Å². The van der Waals surface area contributed by atoms with Crippen molar-refractivity contribution >= 4 is 11.6 Å². The van der Waals surface area contributed by atoms with Crippen molar-refractivity contribution in [1.29, 1.82) is 0 Å². The molecule has 106 valence electrons. The molecule has 0 heterocycles. The number of hydrogen-bond acceptors (Lipinski definition) is 2. The molecule has 0 atom stereocenters. The quantitative estimate of drug-likeness (QED) is 0.865. The van der Waals surface area contributed by atoms with Crippen molar-refractivity contribution in [3.63, 3.8) is 0 Å². The number of rotatable bonds is 3. The number of halogens is 5. The predicted molar refractivity (Wildman–Crippen MR) is 58.7 cm³/mol. The van der Waals surface area contributed by atoms with E-state index in [2.05, 4.69) is 0 Å². The molecule has 0 saturated heterocycles. The third-order valence-electron chi connectivity index (χ3n) is 2.50. The molecule has 19 heavy (non-hydrogen) atoms. The average Bonchev–Trinajstić information content (AvgIpc) is 2.35. The molecule has 0 aliphatic rings. The Hall–Kier alpha value is -1.70. The molecule has 8 heteroatoms. The fourth-order valence-corrected chi connectivity index (χ4v) is 1.45. The second kappa shape index (κ2) is 5.12. The van der Waals surface area contributed by atoms with Gasteiger partial charge in [-0.3, -0.25) is 4.79 Å². The molecule has 1 rings (SSSR count). The Kier molecular flexibility index (Phi) is 4.14. The van der Waals surface area contributed by atoms with Crippen molar-refractivity contribution in [2.75, 3.05) is 11.9 Å². The molecule has 0 bridgehead atoms. The van der Waals surface area contributed by atoms with E-state index in [1.54, 1.807) is 0 Å². The number of para-hydroxylation sites is 1. The highest BCUT2D eigenvalue weighted by Crippen LogP contribution is 2.37. The maximum absolute atomic E-state index is 12.9. The lowest BCUT2D eigenvalue weighted by Gasteiger charge is -2.26. The summed E-state index contributed by atoms with van der Waals surface area (Å²) in [6.45, 7) is -0.0919. The number of benzene rings is 1. The second-order valence-corrected chi connectivity index (χ2v) is 3.77. The molecule has 0 saturated carbocycles. The number of anilines is 1. The lowest BCUT2D eigenvalue weighted by atomic mass is 10.1. The summed E-state index contributed by atoms with van der Waals surface area (Å²) in [6.07, 6.45) is -5.93. The Morgan fingerprint density at radius 2 is 1.74 bits per heavy atom. The summed E-state index contributed by atoms with van der Waals surface area (Å²) in [6, 6.07) is 5.62. The fourth-order valence-electron chi connectivity index (χ4n) is 1.45. The minimum Gasteiger partial charge on any atom is -0.326 e. The summed E-state index contributed by atoms with van der Waals surface area (Å²) in [5, 5.41) is 0. The Balaban J connectivity index is 3.14. The van der Waals surface area contributed by atoms with Crippen LogP contribution in [0.1, 0.15) is 5.56 Å². The van der Waals surface area contributed by atoms with Crippen molar-refractivity contribution in [2.24, 2.45) is 5.73 Å². The van der Waals surface area contributed by atoms with E-state index in [0.717, 1.165) is 7.05 Å². The van der Waals surface area contributed by atoms with Gasteiger partial charge in [0.15, 0.2) is 0 Å². The maximum Gasteiger partial charge on any atom is 0.463 e. The van der Waals surface area contributed by atoms with E-state index in [1.165, 1.54) is 24.3 Å². The minimum absolute atomic E-state index is 0.0843. The van der Waals surface area contributed by atoms with Gasteiger partial charge in [0.05, 0.1) is 0 Å². The highest BCUT2D eigenvalue weighted by atomic mass is 19.4. The summed E-state index contributed by atoms with van der Waals surface area (Å²) >= 11 is 0. The number of nitrogens with zero attached hydrogens (tertiary/aromatic N) is 1. The van der Waals surface area contributed by atoms with Crippen LogP contribution in [-0.4, -0.2) is 25.1 Å². The van der Waals surface area contributed by atoms with Gasteiger partial charge in [-0.15, -0.1) is 0 Å². The van der Waals surface area contributed by atoms with E-state index < -0.39 is 18.0 Å². The van der Waals surface area contributed by atoms with E-state index in [-0.39, 0.29) is 22.7 Å². The molecule has 0 radical (unpaired) electrons. The van der Waals surface area contributed by atoms with Crippen LogP contribution in [0.4, 0.5) is 27.6 Å². The Morgan fingerprint density at radius 1 is 1.21 bits per heavy atom. The second-order valence-electron chi connectivity index (χ2n) is 3.77. The van der Waals surface area contributed by atoms with E-state index in [0.29, 0.717) is 0 Å². The average molecular weight is 282 g/mol. The third kappa shape index (κ3) is 2.83. The molecule has 2 N–H and O–H groups in total. The summed E-state index contributed by atoms with van der Waals surface area (Å²) in [7, 11) is 0.844. The molecular weight excluding hydrogens is 271 g/mol. The van der Waals surface area contributed by atoms with Gasteiger partial charge in [-0.2, -0.15) is 22.0 Å². The van der Waals surface area contributed by atoms with E-state index in [4.69, 9.17) is 5.73 Å². The first-order chi connectivity index (χ1) is 8.63. The zero-order valence-electron chi connectivity index (χ0n) is 9.84. The number of alkyl halides is 5. The lowest BCUT2D eigenvalue weighted by Crippen LogP contribution is -2.51. The zero-order chi connectivity index (χ0) is 14.8. The van der Waals surface area contributed by atoms with Crippen LogP contribution in [0, 0.1) is 0 Å². The van der Waals surface area contributed by atoms with Crippen molar-refractivity contribution in [3.8, 4) is 0 Å². The third-order valence-corrected chi connectivity index (χ3v) is 2.50. The van der Waals surface area contributed by atoms with E-state index in [1.807, 2.05) is 0 Å². The van der Waals surface area contributed by atoms with Gasteiger partial charge in [-0.1, -0.05) is 18.2 Å². The highest BCUT2D eigenvalue weighted by Gasteiger charge is 2.64. The van der Waals surface area contributed by atoms with Crippen LogP contribution < -0.4 is 10.6 Å². The molecule has 0 fully saturated rings. The van der Waals surface area contributed by atoms with Crippen molar-refractivity contribution < 1.29 is 26.7 Å². The first-order valence-electron chi connectivity index (χ1n) is 5.13. The highest BCUT2D eigenvalue weighted by molar-refractivity contribution is 5.99. The van der Waals surface area contributed by atoms with Crippen molar-refractivity contribution in [3.05, 3.63) is 29.8 Å². The smallest absolute Gasteiger partial charge is 0.326 e.